The summed E-state index contributed by atoms with van der Waals surface area (Å²) in [7, 11) is 0. The summed E-state index contributed by atoms with van der Waals surface area (Å²) in [5, 5.41) is 28.1. The molecule has 0 radical (unpaired) electrons. The van der Waals surface area contributed by atoms with Crippen LogP contribution in [0.5, 0.6) is 0 Å². The lowest BCUT2D eigenvalue weighted by atomic mass is 10.0. The van der Waals surface area contributed by atoms with Gasteiger partial charge in [-0.3, -0.25) is 9.78 Å². The Morgan fingerprint density at radius 2 is 2.00 bits per heavy atom. The average molecular weight is 247 g/mol. The van der Waals surface area contributed by atoms with E-state index in [1.165, 1.54) is 0 Å². The van der Waals surface area contributed by atoms with Gasteiger partial charge in [-0.1, -0.05) is 0 Å². The van der Waals surface area contributed by atoms with Crippen molar-refractivity contribution in [2.45, 2.75) is 24.4 Å². The summed E-state index contributed by atoms with van der Waals surface area (Å²) < 4.78 is 5.15. The average Bonchev–Trinajstić information content (AvgIpc) is 2.57. The van der Waals surface area contributed by atoms with Crippen molar-refractivity contribution in [3.05, 3.63) is 32.6 Å². The first-order valence-corrected chi connectivity index (χ1v) is 4.99. The number of aliphatic hydroxyl groups is 3. The van der Waals surface area contributed by atoms with Gasteiger partial charge in [-0.05, 0) is 0 Å². The summed E-state index contributed by atoms with van der Waals surface area (Å²) in [4.78, 5) is 26.5. The second-order valence-electron chi connectivity index (χ2n) is 3.79. The Morgan fingerprint density at radius 3 is 2.53 bits per heavy atom. The van der Waals surface area contributed by atoms with Crippen LogP contribution in [0.2, 0.25) is 0 Å². The number of nitrogens with one attached hydrogen (secondary N) is 2. The van der Waals surface area contributed by atoms with Crippen LogP contribution in [0.15, 0.2) is 15.8 Å². The molecule has 0 amide bonds. The first-order valence-electron chi connectivity index (χ1n) is 4.99. The van der Waals surface area contributed by atoms with Crippen molar-refractivity contribution in [1.82, 2.24) is 9.97 Å². The third-order valence-corrected chi connectivity index (χ3v) is 2.70. The van der Waals surface area contributed by atoms with E-state index in [9.17, 15) is 19.8 Å². The Balaban J connectivity index is 2.35. The number of rotatable bonds is 2. The van der Waals surface area contributed by atoms with Gasteiger partial charge in [0.2, 0.25) is 0 Å². The highest BCUT2D eigenvalue weighted by Gasteiger charge is 2.44. The van der Waals surface area contributed by atoms with E-state index in [1.54, 1.807) is 0 Å². The van der Waals surface area contributed by atoms with Gasteiger partial charge in [0.15, 0.2) is 0 Å². The topological polar surface area (TPSA) is 136 Å². The SMILES string of the molecule is O=c1[15nH][13c](=O)[15nH]cc1[C@@H]1O[C@H](CO)[C@@H](O)[C@H]1O. The fraction of sp³-hybridized carbons (Fsp3) is 0.556. The molecule has 0 aromatic carbocycles. The van der Waals surface area contributed by atoms with Crippen LogP contribution in [0, 0.1) is 0 Å². The highest BCUT2D eigenvalue weighted by Crippen LogP contribution is 2.31. The number of aliphatic hydroxyl groups excluding tert-OH is 3. The summed E-state index contributed by atoms with van der Waals surface area (Å²) in [5.41, 5.74) is -1.39. The minimum Gasteiger partial charge on any atom is -0.394 e. The molecule has 8 heteroatoms. The van der Waals surface area contributed by atoms with E-state index >= 15 is 0 Å². The van der Waals surface area contributed by atoms with E-state index in [-0.39, 0.29) is 5.56 Å². The largest absolute Gasteiger partial charge is 0.394 e. The molecule has 0 bridgehead atoms. The molecular weight excluding hydrogens is 235 g/mol. The normalized spacial score (nSPS) is 32.9. The molecule has 1 fully saturated rings. The van der Waals surface area contributed by atoms with Crippen LogP contribution in [-0.2, 0) is 4.74 Å². The minimum absolute atomic E-state index is 0.00731. The fourth-order valence-corrected chi connectivity index (χ4v) is 1.79. The molecule has 5 N–H and O–H groups in total. The quantitative estimate of drug-likeness (QED) is 0.383. The van der Waals surface area contributed by atoms with Crippen molar-refractivity contribution >= 4 is 0 Å². The van der Waals surface area contributed by atoms with E-state index in [4.69, 9.17) is 9.84 Å². The Labute approximate surface area is 94.5 Å². The second-order valence-corrected chi connectivity index (χ2v) is 3.79. The lowest BCUT2D eigenvalue weighted by Crippen LogP contribution is -2.34. The first-order chi connectivity index (χ1) is 8.04. The highest BCUT2D eigenvalue weighted by atomic mass is 16.6. The van der Waals surface area contributed by atoms with Crippen molar-refractivity contribution in [3.8, 4) is 0 Å². The van der Waals surface area contributed by atoms with Crippen LogP contribution < -0.4 is 11.2 Å². The minimum atomic E-state index is -1.33. The molecule has 1 aliphatic heterocycles. The number of hydrogen-bond acceptors (Lipinski definition) is 6. The summed E-state index contributed by atoms with van der Waals surface area (Å²) in [5.74, 6) is 0. The number of ether oxygens (including phenoxy) is 1. The maximum absolute atomic E-state index is 11.5. The highest BCUT2D eigenvalue weighted by molar-refractivity contribution is 5.13. The van der Waals surface area contributed by atoms with Crippen molar-refractivity contribution in [2.24, 2.45) is 0 Å². The standard InChI is InChI=1S/C9H12N2O6/c12-2-4-5(13)6(14)7(17-4)3-1-10-9(16)11-8(3)15/h1,4-7,12-14H,2H2,(H2,10,11,15,16)/t4-,5-,6-,7+/m1/s1/i9+1,10+1,11+1. The van der Waals surface area contributed by atoms with Crippen LogP contribution in [0.4, 0.5) is 0 Å². The molecule has 0 unspecified atom stereocenters. The molecule has 1 aromatic heterocycles. The molecule has 0 aliphatic carbocycles. The Kier molecular flexibility index (Phi) is 3.11. The molecular formula is C9H12N2O6. The molecule has 0 saturated carbocycles. The molecule has 1 aliphatic rings. The van der Waals surface area contributed by atoms with Gasteiger partial charge in [-0.25, -0.2) is 4.79 Å². The number of hydrogen-bond donors (Lipinski definition) is 5. The summed E-state index contributed by atoms with van der Waals surface area (Å²) >= 11 is 0. The second kappa shape index (κ2) is 4.41. The van der Waals surface area contributed by atoms with Gasteiger partial charge in [0.25, 0.3) is 5.56 Å². The molecule has 0 spiro atoms. The summed E-state index contributed by atoms with van der Waals surface area (Å²) in [6.45, 7) is -0.476. The lowest BCUT2D eigenvalue weighted by Gasteiger charge is -2.13. The van der Waals surface area contributed by atoms with Crippen molar-refractivity contribution in [2.75, 3.05) is 6.61 Å². The smallest absolute Gasteiger partial charge is 0.325 e. The zero-order valence-corrected chi connectivity index (χ0v) is 8.66. The number of aromatic amines is 2. The van der Waals surface area contributed by atoms with Gasteiger partial charge in [-0.2, -0.15) is 0 Å². The number of H-pyrrole nitrogens is 2. The zero-order chi connectivity index (χ0) is 12.6. The third-order valence-electron chi connectivity index (χ3n) is 2.70. The Bertz CT molecular complexity index is 509. The monoisotopic (exact) mass is 247 g/mol. The molecule has 1 saturated heterocycles. The van der Waals surface area contributed by atoms with E-state index in [0.29, 0.717) is 0 Å². The molecule has 94 valence electrons. The summed E-state index contributed by atoms with van der Waals surface area (Å²) in [6.07, 6.45) is -3.54. The molecule has 8 nitrogen and oxygen atoms in total. The van der Waals surface area contributed by atoms with E-state index < -0.39 is 42.3 Å². The fourth-order valence-electron chi connectivity index (χ4n) is 1.79. The molecule has 2 heterocycles. The summed E-state index contributed by atoms with van der Waals surface area (Å²) in [6, 6.07) is 0. The number of aromatic nitrogens is 2. The van der Waals surface area contributed by atoms with Gasteiger partial charge >= 0.3 is 5.69 Å². The van der Waals surface area contributed by atoms with Crippen LogP contribution in [0.25, 0.3) is 0 Å². The van der Waals surface area contributed by atoms with E-state index in [0.717, 1.165) is 6.20 Å². The van der Waals surface area contributed by atoms with Gasteiger partial charge in [0.1, 0.15) is 24.4 Å². The zero-order valence-electron chi connectivity index (χ0n) is 8.66. The van der Waals surface area contributed by atoms with Crippen molar-refractivity contribution < 1.29 is 20.1 Å². The predicted octanol–water partition coefficient (Wildman–Crippen LogP) is -2.78. The lowest BCUT2D eigenvalue weighted by molar-refractivity contribution is -0.0232. The molecule has 1 aromatic rings. The van der Waals surface area contributed by atoms with Gasteiger partial charge < -0.3 is 25.0 Å². The van der Waals surface area contributed by atoms with E-state index in [2.05, 4.69) is 4.98 Å². The van der Waals surface area contributed by atoms with Gasteiger partial charge in [0.05, 0.1) is 12.2 Å². The van der Waals surface area contributed by atoms with Crippen LogP contribution in [0.3, 0.4) is 0 Å². The van der Waals surface area contributed by atoms with Crippen LogP contribution in [0.1, 0.15) is 11.7 Å². The maximum Gasteiger partial charge on any atom is 0.325 e. The van der Waals surface area contributed by atoms with Crippen molar-refractivity contribution in [1.29, 1.82) is 0 Å². The predicted molar refractivity (Wildman–Crippen MR) is 54.4 cm³/mol. The third kappa shape index (κ3) is 2.03. The molecule has 2 rings (SSSR count). The molecule has 4 atom stereocenters. The van der Waals surface area contributed by atoms with Crippen LogP contribution >= 0.6 is 0 Å². The van der Waals surface area contributed by atoms with E-state index in [1.807, 2.05) is 4.98 Å². The maximum atomic E-state index is 11.5. The van der Waals surface area contributed by atoms with Gasteiger partial charge in [0, 0.05) is 6.20 Å². The Hall–Kier alpha value is -1.48. The van der Waals surface area contributed by atoms with Gasteiger partial charge in [-0.15, -0.1) is 0 Å². The van der Waals surface area contributed by atoms with Crippen molar-refractivity contribution in [3.63, 3.8) is 0 Å². The molecule has 17 heavy (non-hydrogen) atoms. The first kappa shape index (κ1) is 12.0. The van der Waals surface area contributed by atoms with Crippen LogP contribution in [-0.4, -0.2) is 50.2 Å². The Morgan fingerprint density at radius 1 is 1.29 bits per heavy atom.